The molecule has 0 aliphatic carbocycles. The number of aldehydes is 1. The van der Waals surface area contributed by atoms with Crippen LogP contribution in [0.4, 0.5) is 0 Å². The smallest absolute Gasteiger partial charge is 0.150 e. The van der Waals surface area contributed by atoms with E-state index in [0.717, 1.165) is 11.8 Å². The number of carbonyl (C=O) groups is 1. The monoisotopic (exact) mass is 198 g/mol. The number of rotatable bonds is 2. The molecule has 1 aromatic rings. The minimum Gasteiger partial charge on any atom is -0.298 e. The Bertz CT molecular complexity index is 272. The van der Waals surface area contributed by atoms with Gasteiger partial charge in [-0.05, 0) is 12.5 Å². The maximum Gasteiger partial charge on any atom is 0.150 e. The van der Waals surface area contributed by atoms with E-state index in [0.29, 0.717) is 5.56 Å². The third kappa shape index (κ3) is 2.29. The van der Waals surface area contributed by atoms with Crippen molar-refractivity contribution in [3.05, 3.63) is 35.4 Å². The molecule has 64 valence electrons. The topological polar surface area (TPSA) is 17.1 Å². The number of hydrogen-bond acceptors (Lipinski definition) is 3. The molecule has 12 heavy (non-hydrogen) atoms. The summed E-state index contributed by atoms with van der Waals surface area (Å²) in [4.78, 5) is 10.3. The van der Waals surface area contributed by atoms with Crippen molar-refractivity contribution >= 4 is 31.5 Å². The summed E-state index contributed by atoms with van der Waals surface area (Å²) in [5, 5.41) is 0. The molecule has 0 fully saturated rings. The lowest BCUT2D eigenvalue weighted by Gasteiger charge is -2.16. The van der Waals surface area contributed by atoms with Crippen LogP contribution in [0, 0.1) is 0 Å². The molecular formula is C9H10OS2. The van der Waals surface area contributed by atoms with Gasteiger partial charge in [0, 0.05) is 5.56 Å². The first kappa shape index (κ1) is 9.68. The van der Waals surface area contributed by atoms with E-state index in [4.69, 9.17) is 0 Å². The number of thiol groups is 2. The van der Waals surface area contributed by atoms with Crippen LogP contribution >= 0.6 is 25.3 Å². The highest BCUT2D eigenvalue weighted by Gasteiger charge is 2.14. The summed E-state index contributed by atoms with van der Waals surface area (Å²) in [6.45, 7) is 1.88. The largest absolute Gasteiger partial charge is 0.298 e. The van der Waals surface area contributed by atoms with Crippen LogP contribution in [0.2, 0.25) is 0 Å². The average Bonchev–Trinajstić information content (AvgIpc) is 2.03. The molecule has 0 aliphatic heterocycles. The van der Waals surface area contributed by atoms with Crippen LogP contribution in [0.3, 0.4) is 0 Å². The molecule has 0 atom stereocenters. The quantitative estimate of drug-likeness (QED) is 0.424. The predicted molar refractivity (Wildman–Crippen MR) is 57.2 cm³/mol. The second-order valence-corrected chi connectivity index (χ2v) is 4.90. The standard InChI is InChI=1S/C9H10OS2/c1-9(11,12)8-4-2-7(6-10)3-5-8/h2-6,11-12H,1H3. The number of hydrogen-bond donors (Lipinski definition) is 2. The molecule has 1 nitrogen and oxygen atoms in total. The van der Waals surface area contributed by atoms with E-state index >= 15 is 0 Å². The van der Waals surface area contributed by atoms with E-state index in [1.54, 1.807) is 12.1 Å². The Morgan fingerprint density at radius 2 is 1.75 bits per heavy atom. The molecule has 0 amide bonds. The van der Waals surface area contributed by atoms with Crippen LogP contribution in [0.25, 0.3) is 0 Å². The van der Waals surface area contributed by atoms with Crippen LogP contribution in [0.5, 0.6) is 0 Å². The first-order valence-electron chi connectivity index (χ1n) is 3.54. The highest BCUT2D eigenvalue weighted by molar-refractivity contribution is 7.99. The zero-order chi connectivity index (χ0) is 9.19. The molecule has 0 aliphatic rings. The van der Waals surface area contributed by atoms with Gasteiger partial charge in [-0.15, -0.1) is 0 Å². The van der Waals surface area contributed by atoms with Crippen molar-refractivity contribution in [2.75, 3.05) is 0 Å². The lowest BCUT2D eigenvalue weighted by molar-refractivity contribution is 0.112. The maximum atomic E-state index is 10.3. The first-order valence-corrected chi connectivity index (χ1v) is 4.44. The van der Waals surface area contributed by atoms with Gasteiger partial charge in [-0.2, -0.15) is 25.3 Å². The Morgan fingerprint density at radius 3 is 2.08 bits per heavy atom. The SMILES string of the molecule is CC(S)(S)c1ccc(C=O)cc1. The van der Waals surface area contributed by atoms with E-state index < -0.39 is 4.08 Å². The van der Waals surface area contributed by atoms with E-state index in [2.05, 4.69) is 25.3 Å². The van der Waals surface area contributed by atoms with E-state index in [1.165, 1.54) is 0 Å². The van der Waals surface area contributed by atoms with Crippen molar-refractivity contribution in [1.29, 1.82) is 0 Å². The summed E-state index contributed by atoms with van der Waals surface area (Å²) >= 11 is 8.57. The highest BCUT2D eigenvalue weighted by Crippen LogP contribution is 2.31. The van der Waals surface area contributed by atoms with Gasteiger partial charge in [-0.25, -0.2) is 0 Å². The van der Waals surface area contributed by atoms with Crippen molar-refractivity contribution in [3.63, 3.8) is 0 Å². The normalized spacial score (nSPS) is 11.2. The maximum absolute atomic E-state index is 10.3. The van der Waals surface area contributed by atoms with Crippen molar-refractivity contribution in [3.8, 4) is 0 Å². The lowest BCUT2D eigenvalue weighted by Crippen LogP contribution is -2.03. The van der Waals surface area contributed by atoms with Crippen molar-refractivity contribution in [1.82, 2.24) is 0 Å². The van der Waals surface area contributed by atoms with Crippen molar-refractivity contribution in [2.24, 2.45) is 0 Å². The summed E-state index contributed by atoms with van der Waals surface area (Å²) in [6, 6.07) is 7.22. The van der Waals surface area contributed by atoms with Crippen LogP contribution in [0.1, 0.15) is 22.8 Å². The third-order valence-electron chi connectivity index (χ3n) is 1.59. The zero-order valence-corrected chi connectivity index (χ0v) is 8.48. The minimum absolute atomic E-state index is 0.443. The summed E-state index contributed by atoms with van der Waals surface area (Å²) in [5.74, 6) is 0. The van der Waals surface area contributed by atoms with Gasteiger partial charge in [0.1, 0.15) is 6.29 Å². The molecule has 0 saturated heterocycles. The van der Waals surface area contributed by atoms with Gasteiger partial charge in [0.15, 0.2) is 0 Å². The van der Waals surface area contributed by atoms with Gasteiger partial charge in [0.05, 0.1) is 4.08 Å². The van der Waals surface area contributed by atoms with Crippen molar-refractivity contribution in [2.45, 2.75) is 11.0 Å². The second kappa shape index (κ2) is 3.54. The average molecular weight is 198 g/mol. The van der Waals surface area contributed by atoms with E-state index in [1.807, 2.05) is 19.1 Å². The van der Waals surface area contributed by atoms with E-state index in [-0.39, 0.29) is 0 Å². The van der Waals surface area contributed by atoms with E-state index in [9.17, 15) is 4.79 Å². The lowest BCUT2D eigenvalue weighted by atomic mass is 10.1. The predicted octanol–water partition coefficient (Wildman–Crippen LogP) is 2.53. The molecule has 1 rings (SSSR count). The van der Waals surface area contributed by atoms with Gasteiger partial charge in [-0.3, -0.25) is 4.79 Å². The van der Waals surface area contributed by atoms with Crippen LogP contribution < -0.4 is 0 Å². The van der Waals surface area contributed by atoms with Gasteiger partial charge in [0.25, 0.3) is 0 Å². The molecular weight excluding hydrogens is 188 g/mol. The summed E-state index contributed by atoms with van der Waals surface area (Å²) in [6.07, 6.45) is 0.818. The molecule has 0 saturated carbocycles. The molecule has 0 bridgehead atoms. The molecule has 0 aromatic heterocycles. The fraction of sp³-hybridized carbons (Fsp3) is 0.222. The highest BCUT2D eigenvalue weighted by atomic mass is 32.2. The first-order chi connectivity index (χ1) is 5.54. The van der Waals surface area contributed by atoms with Crippen LogP contribution in [0.15, 0.2) is 24.3 Å². The molecule has 0 spiro atoms. The van der Waals surface area contributed by atoms with Gasteiger partial charge >= 0.3 is 0 Å². The fourth-order valence-corrected chi connectivity index (χ4v) is 1.18. The molecule has 0 heterocycles. The zero-order valence-electron chi connectivity index (χ0n) is 6.69. The Labute approximate surface area is 83.0 Å². The van der Waals surface area contributed by atoms with Crippen LogP contribution in [-0.4, -0.2) is 6.29 Å². The third-order valence-corrected chi connectivity index (χ3v) is 2.11. The molecule has 0 N–H and O–H groups in total. The van der Waals surface area contributed by atoms with Crippen molar-refractivity contribution < 1.29 is 4.79 Å². The second-order valence-electron chi connectivity index (χ2n) is 2.76. The molecule has 1 aromatic carbocycles. The van der Waals surface area contributed by atoms with Gasteiger partial charge in [-0.1, -0.05) is 24.3 Å². The van der Waals surface area contributed by atoms with Gasteiger partial charge < -0.3 is 0 Å². The Morgan fingerprint density at radius 1 is 1.25 bits per heavy atom. The van der Waals surface area contributed by atoms with Gasteiger partial charge in [0.2, 0.25) is 0 Å². The minimum atomic E-state index is -0.443. The molecule has 3 heteroatoms. The Kier molecular flexibility index (Phi) is 2.85. The number of benzene rings is 1. The number of carbonyl (C=O) groups excluding carboxylic acids is 1. The molecule has 0 radical (unpaired) electrons. The fourth-order valence-electron chi connectivity index (χ4n) is 0.877. The summed E-state index contributed by atoms with van der Waals surface area (Å²) < 4.78 is -0.443. The summed E-state index contributed by atoms with van der Waals surface area (Å²) in [7, 11) is 0. The summed E-state index contributed by atoms with van der Waals surface area (Å²) in [5.41, 5.74) is 1.66. The Balaban J connectivity index is 3.00. The van der Waals surface area contributed by atoms with Crippen LogP contribution in [-0.2, 0) is 4.08 Å². The Hall–Kier alpha value is -0.410. The molecule has 0 unspecified atom stereocenters.